The Morgan fingerprint density at radius 2 is 2.13 bits per heavy atom. The molecule has 1 heterocycles. The molecule has 0 saturated carbocycles. The predicted octanol–water partition coefficient (Wildman–Crippen LogP) is -0.528. The molecule has 1 atom stereocenters. The summed E-state index contributed by atoms with van der Waals surface area (Å²) < 4.78 is 2.85. The van der Waals surface area contributed by atoms with E-state index < -0.39 is 12.0 Å². The Balaban J connectivity index is 2.79. The van der Waals surface area contributed by atoms with Gasteiger partial charge in [-0.05, 0) is 6.42 Å². The highest BCUT2D eigenvalue weighted by atomic mass is 16.4. The van der Waals surface area contributed by atoms with Crippen LogP contribution >= 0.6 is 0 Å². The number of hydrogen-bond acceptors (Lipinski definition) is 3. The number of carboxylic acids is 1. The molecule has 15 heavy (non-hydrogen) atoms. The first-order valence-corrected chi connectivity index (χ1v) is 4.80. The highest BCUT2D eigenvalue weighted by Crippen LogP contribution is 1.91. The summed E-state index contributed by atoms with van der Waals surface area (Å²) in [5, 5.41) is 8.60. The summed E-state index contributed by atoms with van der Waals surface area (Å²) in [7, 11) is 0. The monoisotopic (exact) mass is 213 g/mol. The van der Waals surface area contributed by atoms with Crippen molar-refractivity contribution in [1.29, 1.82) is 0 Å². The minimum atomic E-state index is -1.11. The average Bonchev–Trinajstić information content (AvgIpc) is 2.50. The van der Waals surface area contributed by atoms with Gasteiger partial charge in [0.25, 0.3) is 0 Å². The largest absolute Gasteiger partial charge is 0.480 e. The van der Waals surface area contributed by atoms with Crippen molar-refractivity contribution in [1.82, 2.24) is 9.13 Å². The molecule has 0 bridgehead atoms. The van der Waals surface area contributed by atoms with Crippen molar-refractivity contribution in [2.45, 2.75) is 32.5 Å². The molecule has 6 nitrogen and oxygen atoms in total. The van der Waals surface area contributed by atoms with Crippen molar-refractivity contribution in [3.63, 3.8) is 0 Å². The fourth-order valence-electron chi connectivity index (χ4n) is 1.29. The Hall–Kier alpha value is -1.56. The zero-order valence-corrected chi connectivity index (χ0v) is 8.59. The number of rotatable bonds is 5. The van der Waals surface area contributed by atoms with Gasteiger partial charge in [0, 0.05) is 18.9 Å². The van der Waals surface area contributed by atoms with Crippen LogP contribution in [0.4, 0.5) is 0 Å². The Labute approximate surface area is 86.9 Å². The fraction of sp³-hybridized carbons (Fsp3) is 0.556. The number of aryl methyl sites for hydroxylation is 1. The van der Waals surface area contributed by atoms with Gasteiger partial charge in [-0.25, -0.2) is 4.79 Å². The van der Waals surface area contributed by atoms with Crippen LogP contribution < -0.4 is 11.4 Å². The van der Waals surface area contributed by atoms with E-state index in [1.807, 2.05) is 6.92 Å². The van der Waals surface area contributed by atoms with Crippen molar-refractivity contribution < 1.29 is 9.90 Å². The lowest BCUT2D eigenvalue weighted by Crippen LogP contribution is -2.38. The molecule has 0 saturated heterocycles. The molecule has 1 rings (SSSR count). The van der Waals surface area contributed by atoms with Gasteiger partial charge in [0.15, 0.2) is 0 Å². The van der Waals surface area contributed by atoms with Gasteiger partial charge < -0.3 is 10.8 Å². The molecule has 1 unspecified atom stereocenters. The highest BCUT2D eigenvalue weighted by molar-refractivity contribution is 5.72. The minimum Gasteiger partial charge on any atom is -0.480 e. The van der Waals surface area contributed by atoms with Crippen LogP contribution in [0.2, 0.25) is 0 Å². The van der Waals surface area contributed by atoms with Crippen LogP contribution in [0.25, 0.3) is 0 Å². The van der Waals surface area contributed by atoms with E-state index in [2.05, 4.69) is 0 Å². The van der Waals surface area contributed by atoms with Crippen molar-refractivity contribution in [2.75, 3.05) is 0 Å². The molecule has 0 aliphatic rings. The smallest absolute Gasteiger partial charge is 0.328 e. The van der Waals surface area contributed by atoms with E-state index in [0.717, 1.165) is 6.42 Å². The van der Waals surface area contributed by atoms with E-state index in [4.69, 9.17) is 10.8 Å². The molecule has 6 heteroatoms. The van der Waals surface area contributed by atoms with Crippen LogP contribution in [0, 0.1) is 0 Å². The van der Waals surface area contributed by atoms with Crippen LogP contribution in [0.3, 0.4) is 0 Å². The van der Waals surface area contributed by atoms with Crippen molar-refractivity contribution >= 4 is 5.97 Å². The third-order valence-electron chi connectivity index (χ3n) is 2.09. The summed E-state index contributed by atoms with van der Waals surface area (Å²) in [6, 6.07) is -1.04. The Kier molecular flexibility index (Phi) is 3.68. The lowest BCUT2D eigenvalue weighted by Gasteiger charge is -2.05. The van der Waals surface area contributed by atoms with Gasteiger partial charge in [0.1, 0.15) is 6.04 Å². The quantitative estimate of drug-likeness (QED) is 0.688. The van der Waals surface area contributed by atoms with Crippen molar-refractivity contribution in [3.05, 3.63) is 22.9 Å². The Morgan fingerprint density at radius 3 is 2.67 bits per heavy atom. The summed E-state index contributed by atoms with van der Waals surface area (Å²) in [4.78, 5) is 22.1. The maximum Gasteiger partial charge on any atom is 0.328 e. The van der Waals surface area contributed by atoms with E-state index in [1.54, 1.807) is 12.4 Å². The maximum atomic E-state index is 11.6. The summed E-state index contributed by atoms with van der Waals surface area (Å²) in [5.41, 5.74) is 5.12. The van der Waals surface area contributed by atoms with Crippen molar-refractivity contribution in [3.8, 4) is 0 Å². The van der Waals surface area contributed by atoms with E-state index >= 15 is 0 Å². The highest BCUT2D eigenvalue weighted by Gasteiger charge is 2.13. The second-order valence-electron chi connectivity index (χ2n) is 3.37. The molecule has 3 N–H and O–H groups in total. The standard InChI is InChI=1S/C9H15N3O3/c1-2-3-11-4-5-12(9(11)15)6-7(10)8(13)14/h4-5,7H,2-3,6,10H2,1H3,(H,13,14). The van der Waals surface area contributed by atoms with Crippen LogP contribution in [0.1, 0.15) is 13.3 Å². The number of carboxylic acid groups (broad SMARTS) is 1. The fourth-order valence-corrected chi connectivity index (χ4v) is 1.29. The number of aromatic nitrogens is 2. The van der Waals surface area contributed by atoms with Crippen LogP contribution in [0.15, 0.2) is 17.2 Å². The maximum absolute atomic E-state index is 11.6. The average molecular weight is 213 g/mol. The number of nitrogens with two attached hydrogens (primary N) is 1. The summed E-state index contributed by atoms with van der Waals surface area (Å²) in [6.07, 6.45) is 4.05. The van der Waals surface area contributed by atoms with Gasteiger partial charge >= 0.3 is 11.7 Å². The van der Waals surface area contributed by atoms with Crippen molar-refractivity contribution in [2.24, 2.45) is 5.73 Å². The van der Waals surface area contributed by atoms with Gasteiger partial charge in [0.05, 0.1) is 6.54 Å². The first kappa shape index (κ1) is 11.5. The van der Waals surface area contributed by atoms with Gasteiger partial charge in [-0.15, -0.1) is 0 Å². The lowest BCUT2D eigenvalue weighted by molar-refractivity contribution is -0.138. The first-order valence-electron chi connectivity index (χ1n) is 4.80. The second-order valence-corrected chi connectivity index (χ2v) is 3.37. The van der Waals surface area contributed by atoms with Crippen LogP contribution in [-0.4, -0.2) is 26.3 Å². The van der Waals surface area contributed by atoms with Gasteiger partial charge in [-0.2, -0.15) is 0 Å². The molecule has 0 aliphatic heterocycles. The number of aliphatic carboxylic acids is 1. The molecule has 0 amide bonds. The molecule has 1 aromatic heterocycles. The van der Waals surface area contributed by atoms with Crippen LogP contribution in [0.5, 0.6) is 0 Å². The predicted molar refractivity (Wildman–Crippen MR) is 54.6 cm³/mol. The topological polar surface area (TPSA) is 90.2 Å². The van der Waals surface area contributed by atoms with E-state index in [9.17, 15) is 9.59 Å². The second kappa shape index (κ2) is 4.79. The third kappa shape index (κ3) is 2.69. The van der Waals surface area contributed by atoms with E-state index in [1.165, 1.54) is 9.13 Å². The van der Waals surface area contributed by atoms with Gasteiger partial charge in [0.2, 0.25) is 0 Å². The molecule has 84 valence electrons. The molecular weight excluding hydrogens is 198 g/mol. The molecule has 0 spiro atoms. The van der Waals surface area contributed by atoms with Gasteiger partial charge in [-0.1, -0.05) is 6.92 Å². The molecule has 0 radical (unpaired) electrons. The SMILES string of the molecule is CCCn1ccn(CC(N)C(=O)O)c1=O. The third-order valence-corrected chi connectivity index (χ3v) is 2.09. The molecule has 1 aromatic rings. The summed E-state index contributed by atoms with van der Waals surface area (Å²) >= 11 is 0. The Bertz CT molecular complexity index is 394. The number of imidazole rings is 1. The minimum absolute atomic E-state index is 0.00484. The zero-order chi connectivity index (χ0) is 11.4. The summed E-state index contributed by atoms with van der Waals surface area (Å²) in [5.74, 6) is -1.11. The molecule has 0 aromatic carbocycles. The zero-order valence-electron chi connectivity index (χ0n) is 8.59. The summed E-state index contributed by atoms with van der Waals surface area (Å²) in [6.45, 7) is 2.60. The van der Waals surface area contributed by atoms with E-state index in [-0.39, 0.29) is 12.2 Å². The van der Waals surface area contributed by atoms with E-state index in [0.29, 0.717) is 6.54 Å². The van der Waals surface area contributed by atoms with Crippen LogP contribution in [-0.2, 0) is 17.9 Å². The normalized spacial score (nSPS) is 12.7. The Morgan fingerprint density at radius 1 is 1.53 bits per heavy atom. The molecular formula is C9H15N3O3. The number of hydrogen-bond donors (Lipinski definition) is 2. The van der Waals surface area contributed by atoms with Gasteiger partial charge in [-0.3, -0.25) is 13.9 Å². The molecule has 0 aliphatic carbocycles. The molecule has 0 fully saturated rings. The number of carbonyl (C=O) groups is 1. The lowest BCUT2D eigenvalue weighted by atomic mass is 10.3. The first-order chi connectivity index (χ1) is 7.06. The number of nitrogens with zero attached hydrogens (tertiary/aromatic N) is 2.